The number of carbonyl (C=O) groups excluding carboxylic acids is 1. The lowest BCUT2D eigenvalue weighted by molar-refractivity contribution is 0.0667. The highest BCUT2D eigenvalue weighted by molar-refractivity contribution is 5.85. The zero-order valence-electron chi connectivity index (χ0n) is 14.3. The van der Waals surface area contributed by atoms with Gasteiger partial charge in [0.05, 0.1) is 0 Å². The summed E-state index contributed by atoms with van der Waals surface area (Å²) in [6, 6.07) is 11.5. The van der Waals surface area contributed by atoms with Crippen LogP contribution in [0, 0.1) is 5.92 Å². The number of benzene rings is 2. The first-order valence-electron chi connectivity index (χ1n) is 8.34. The van der Waals surface area contributed by atoms with E-state index in [4.69, 9.17) is 14.2 Å². The van der Waals surface area contributed by atoms with Crippen molar-refractivity contribution in [1.29, 1.82) is 0 Å². The van der Waals surface area contributed by atoms with Crippen LogP contribution in [0.25, 0.3) is 0 Å². The molecule has 3 rings (SSSR count). The lowest BCUT2D eigenvalue weighted by Gasteiger charge is -2.24. The second-order valence-electron chi connectivity index (χ2n) is 6.10. The van der Waals surface area contributed by atoms with Crippen molar-refractivity contribution >= 4 is 11.8 Å². The molecule has 138 valence electrons. The number of hydrogen-bond donors (Lipinski definition) is 3. The van der Waals surface area contributed by atoms with Gasteiger partial charge in [0.1, 0.15) is 11.9 Å². The van der Waals surface area contributed by atoms with Gasteiger partial charge >= 0.3 is 6.09 Å². The molecule has 0 aliphatic carbocycles. The first-order chi connectivity index (χ1) is 12.6. The third kappa shape index (κ3) is 4.18. The molecule has 1 heterocycles. The predicted octanol–water partition coefficient (Wildman–Crippen LogP) is 3.43. The zero-order valence-corrected chi connectivity index (χ0v) is 14.3. The highest BCUT2D eigenvalue weighted by Crippen LogP contribution is 2.35. The fourth-order valence-corrected chi connectivity index (χ4v) is 2.77. The first kappa shape index (κ1) is 17.9. The number of aromatic hydroxyl groups is 1. The van der Waals surface area contributed by atoms with Crippen LogP contribution in [0.15, 0.2) is 42.5 Å². The summed E-state index contributed by atoms with van der Waals surface area (Å²) in [5, 5.41) is 21.3. The third-order valence-corrected chi connectivity index (χ3v) is 4.18. The highest BCUT2D eigenvalue weighted by atomic mass is 16.7. The minimum absolute atomic E-state index is 0.0110. The number of amides is 1. The van der Waals surface area contributed by atoms with Crippen LogP contribution in [0.5, 0.6) is 17.2 Å². The van der Waals surface area contributed by atoms with E-state index in [-0.39, 0.29) is 25.1 Å². The van der Waals surface area contributed by atoms with Gasteiger partial charge in [-0.25, -0.2) is 4.79 Å². The molecule has 2 aromatic carbocycles. The summed E-state index contributed by atoms with van der Waals surface area (Å²) in [5.41, 5.74) is 1.27. The maximum absolute atomic E-state index is 12.4. The van der Waals surface area contributed by atoms with Gasteiger partial charge in [-0.15, -0.1) is 0 Å². The smallest absolute Gasteiger partial charge is 0.412 e. The summed E-state index contributed by atoms with van der Waals surface area (Å²) in [4.78, 5) is 12.4. The van der Waals surface area contributed by atoms with Crippen molar-refractivity contribution in [2.45, 2.75) is 19.4 Å². The molecule has 0 saturated carbocycles. The van der Waals surface area contributed by atoms with Crippen LogP contribution in [0.4, 0.5) is 10.5 Å². The number of ether oxygens (including phenoxy) is 3. The van der Waals surface area contributed by atoms with E-state index in [1.807, 2.05) is 6.92 Å². The number of anilines is 1. The average molecular weight is 359 g/mol. The summed E-state index contributed by atoms with van der Waals surface area (Å²) in [6.07, 6.45) is -0.702. The van der Waals surface area contributed by atoms with Crippen LogP contribution in [0.3, 0.4) is 0 Å². The van der Waals surface area contributed by atoms with E-state index in [0.717, 1.165) is 5.56 Å². The van der Waals surface area contributed by atoms with Crippen molar-refractivity contribution in [1.82, 2.24) is 0 Å². The van der Waals surface area contributed by atoms with Crippen molar-refractivity contribution in [3.8, 4) is 17.2 Å². The monoisotopic (exact) mass is 359 g/mol. The van der Waals surface area contributed by atoms with E-state index in [9.17, 15) is 15.0 Å². The van der Waals surface area contributed by atoms with E-state index in [1.54, 1.807) is 30.3 Å². The number of phenolic OH excluding ortho intramolecular Hbond substituents is 1. The van der Waals surface area contributed by atoms with Crippen molar-refractivity contribution in [3.63, 3.8) is 0 Å². The van der Waals surface area contributed by atoms with E-state index < -0.39 is 12.2 Å². The molecule has 0 bridgehead atoms. The number of aliphatic hydroxyl groups excluding tert-OH is 1. The number of carbonyl (C=O) groups is 1. The van der Waals surface area contributed by atoms with Gasteiger partial charge in [0.15, 0.2) is 11.5 Å². The fourth-order valence-electron chi connectivity index (χ4n) is 2.77. The Bertz CT molecular complexity index is 761. The van der Waals surface area contributed by atoms with Crippen molar-refractivity contribution in [3.05, 3.63) is 48.0 Å². The Kier molecular flexibility index (Phi) is 5.48. The fraction of sp³-hybridized carbons (Fsp3) is 0.316. The lowest BCUT2D eigenvalue weighted by atomic mass is 9.94. The van der Waals surface area contributed by atoms with Crippen LogP contribution >= 0.6 is 0 Å². The van der Waals surface area contributed by atoms with Crippen LogP contribution in [0.1, 0.15) is 25.0 Å². The molecule has 3 N–H and O–H groups in total. The van der Waals surface area contributed by atoms with E-state index in [1.165, 1.54) is 12.1 Å². The Morgan fingerprint density at radius 1 is 1.19 bits per heavy atom. The first-order valence-corrected chi connectivity index (χ1v) is 8.34. The molecule has 1 amide bonds. The van der Waals surface area contributed by atoms with Gasteiger partial charge in [-0.3, -0.25) is 5.32 Å². The van der Waals surface area contributed by atoms with E-state index in [0.29, 0.717) is 23.6 Å². The highest BCUT2D eigenvalue weighted by Gasteiger charge is 2.24. The summed E-state index contributed by atoms with van der Waals surface area (Å²) >= 11 is 0. The molecule has 7 nitrogen and oxygen atoms in total. The SMILES string of the molecule is C[C@H](CCO)[C@H](OC(=O)Nc1ccc2c(c1)OCO2)c1ccc(O)cc1. The van der Waals surface area contributed by atoms with Crippen molar-refractivity contribution < 1.29 is 29.2 Å². The normalized spacial score (nSPS) is 14.5. The largest absolute Gasteiger partial charge is 0.508 e. The number of fused-ring (bicyclic) bond motifs is 1. The number of phenols is 1. The third-order valence-electron chi connectivity index (χ3n) is 4.18. The second kappa shape index (κ2) is 7.97. The molecule has 0 saturated heterocycles. The van der Waals surface area contributed by atoms with Crippen LogP contribution in [-0.4, -0.2) is 29.7 Å². The Morgan fingerprint density at radius 3 is 2.65 bits per heavy atom. The van der Waals surface area contributed by atoms with Crippen LogP contribution in [-0.2, 0) is 4.74 Å². The molecule has 0 radical (unpaired) electrons. The summed E-state index contributed by atoms with van der Waals surface area (Å²) in [6.45, 7) is 2.04. The molecule has 2 atom stereocenters. The summed E-state index contributed by atoms with van der Waals surface area (Å²) < 4.78 is 16.1. The van der Waals surface area contributed by atoms with Gasteiger partial charge in [0, 0.05) is 18.4 Å². The van der Waals surface area contributed by atoms with Crippen LogP contribution in [0.2, 0.25) is 0 Å². The Labute approximate surface area is 151 Å². The number of aliphatic hydroxyl groups is 1. The zero-order chi connectivity index (χ0) is 18.5. The van der Waals surface area contributed by atoms with Crippen molar-refractivity contribution in [2.24, 2.45) is 5.92 Å². The summed E-state index contributed by atoms with van der Waals surface area (Å²) in [7, 11) is 0. The topological polar surface area (TPSA) is 97.3 Å². The molecule has 0 fully saturated rings. The standard InChI is InChI=1S/C19H21NO6/c1-12(8-9-21)18(13-2-5-15(22)6-3-13)26-19(23)20-14-4-7-16-17(10-14)25-11-24-16/h2-7,10,12,18,21-22H,8-9,11H2,1H3,(H,20,23)/t12-,18+/m1/s1. The molecule has 0 unspecified atom stereocenters. The van der Waals surface area contributed by atoms with Gasteiger partial charge in [-0.2, -0.15) is 0 Å². The summed E-state index contributed by atoms with van der Waals surface area (Å²) in [5.74, 6) is 1.22. The molecule has 0 aromatic heterocycles. The second-order valence-corrected chi connectivity index (χ2v) is 6.10. The Balaban J connectivity index is 1.71. The predicted molar refractivity (Wildman–Crippen MR) is 94.4 cm³/mol. The molecule has 0 spiro atoms. The lowest BCUT2D eigenvalue weighted by Crippen LogP contribution is -2.22. The number of nitrogens with one attached hydrogen (secondary N) is 1. The molecule has 26 heavy (non-hydrogen) atoms. The quantitative estimate of drug-likeness (QED) is 0.731. The van der Waals surface area contributed by atoms with Gasteiger partial charge < -0.3 is 24.4 Å². The Morgan fingerprint density at radius 2 is 1.92 bits per heavy atom. The molecular formula is C19H21NO6. The minimum atomic E-state index is -0.619. The maximum Gasteiger partial charge on any atom is 0.412 e. The minimum Gasteiger partial charge on any atom is -0.508 e. The van der Waals surface area contributed by atoms with E-state index >= 15 is 0 Å². The number of rotatable bonds is 6. The average Bonchev–Trinajstić information content (AvgIpc) is 3.08. The van der Waals surface area contributed by atoms with Gasteiger partial charge in [-0.05, 0) is 42.2 Å². The van der Waals surface area contributed by atoms with Crippen LogP contribution < -0.4 is 14.8 Å². The molecule has 7 heteroatoms. The van der Waals surface area contributed by atoms with Gasteiger partial charge in [-0.1, -0.05) is 19.1 Å². The van der Waals surface area contributed by atoms with E-state index in [2.05, 4.69) is 5.32 Å². The molecular weight excluding hydrogens is 338 g/mol. The number of hydrogen-bond acceptors (Lipinski definition) is 6. The Hall–Kier alpha value is -2.93. The van der Waals surface area contributed by atoms with Crippen molar-refractivity contribution in [2.75, 3.05) is 18.7 Å². The van der Waals surface area contributed by atoms with Gasteiger partial charge in [0.2, 0.25) is 6.79 Å². The van der Waals surface area contributed by atoms with Gasteiger partial charge in [0.25, 0.3) is 0 Å². The maximum atomic E-state index is 12.4. The molecule has 2 aromatic rings. The molecule has 1 aliphatic rings. The molecule has 1 aliphatic heterocycles.